The summed E-state index contributed by atoms with van der Waals surface area (Å²) in [7, 11) is 0. The molecule has 0 aromatic carbocycles. The van der Waals surface area contributed by atoms with Gasteiger partial charge in [-0.3, -0.25) is 4.79 Å². The third kappa shape index (κ3) is 0.518. The normalized spacial score (nSPS) is 15.8. The number of carbonyl (C=O) groups excluding carboxylic acids is 1. The number of nitrogens with zero attached hydrogens (tertiary/aromatic N) is 1. The maximum atomic E-state index is 11.0. The van der Waals surface area contributed by atoms with E-state index in [1.54, 1.807) is 16.8 Å². The molecular weight excluding hydrogens is 130 g/mol. The molecule has 0 bridgehead atoms. The lowest BCUT2D eigenvalue weighted by molar-refractivity contribution is 0.0992. The standard InChI is InChI=1S/C7H7NO2/c9-5-1-3-8-4-2-6(10)7(5)8/h1,3,9H,2,4H2. The van der Waals surface area contributed by atoms with E-state index in [1.165, 1.54) is 0 Å². The molecule has 1 aromatic heterocycles. The van der Waals surface area contributed by atoms with Crippen LogP contribution in [0, 0.1) is 0 Å². The fourth-order valence-electron chi connectivity index (χ4n) is 1.29. The van der Waals surface area contributed by atoms with Gasteiger partial charge in [0.25, 0.3) is 0 Å². The maximum absolute atomic E-state index is 11.0. The van der Waals surface area contributed by atoms with Crippen LogP contribution in [0.2, 0.25) is 0 Å². The lowest BCUT2D eigenvalue weighted by atomic mass is 10.2. The molecule has 3 heteroatoms. The molecule has 0 saturated carbocycles. The van der Waals surface area contributed by atoms with Crippen LogP contribution >= 0.6 is 0 Å². The third-order valence-corrected chi connectivity index (χ3v) is 1.79. The number of rotatable bonds is 0. The first-order chi connectivity index (χ1) is 4.79. The van der Waals surface area contributed by atoms with Crippen LogP contribution in [-0.4, -0.2) is 15.5 Å². The Kier molecular flexibility index (Phi) is 0.897. The van der Waals surface area contributed by atoms with Crippen molar-refractivity contribution in [1.82, 2.24) is 4.57 Å². The lowest BCUT2D eigenvalue weighted by Crippen LogP contribution is -1.91. The number of aromatic nitrogens is 1. The quantitative estimate of drug-likeness (QED) is 0.574. The molecule has 2 heterocycles. The molecule has 1 aliphatic heterocycles. The van der Waals surface area contributed by atoms with Crippen LogP contribution in [0.15, 0.2) is 12.3 Å². The number of ketones is 1. The predicted molar refractivity (Wildman–Crippen MR) is 35.0 cm³/mol. The minimum absolute atomic E-state index is 0.0440. The molecule has 0 fully saturated rings. The number of aryl methyl sites for hydroxylation is 1. The van der Waals surface area contributed by atoms with Gasteiger partial charge in [0.2, 0.25) is 0 Å². The molecule has 10 heavy (non-hydrogen) atoms. The third-order valence-electron chi connectivity index (χ3n) is 1.79. The van der Waals surface area contributed by atoms with E-state index in [1.807, 2.05) is 0 Å². The Bertz CT molecular complexity index is 288. The van der Waals surface area contributed by atoms with E-state index >= 15 is 0 Å². The van der Waals surface area contributed by atoms with Crippen molar-refractivity contribution < 1.29 is 9.90 Å². The fourth-order valence-corrected chi connectivity index (χ4v) is 1.29. The Morgan fingerprint density at radius 1 is 1.60 bits per heavy atom. The van der Waals surface area contributed by atoms with Crippen molar-refractivity contribution in [1.29, 1.82) is 0 Å². The molecule has 3 nitrogen and oxygen atoms in total. The van der Waals surface area contributed by atoms with Crippen molar-refractivity contribution in [3.05, 3.63) is 18.0 Å². The minimum Gasteiger partial charge on any atom is -0.506 e. The van der Waals surface area contributed by atoms with E-state index in [0.717, 1.165) is 0 Å². The topological polar surface area (TPSA) is 42.2 Å². The van der Waals surface area contributed by atoms with Gasteiger partial charge in [-0.2, -0.15) is 0 Å². The molecule has 2 rings (SSSR count). The minimum atomic E-state index is 0.0440. The molecule has 0 aliphatic carbocycles. The molecule has 0 amide bonds. The molecular formula is C7H7NO2. The van der Waals surface area contributed by atoms with Gasteiger partial charge in [-0.1, -0.05) is 0 Å². The largest absolute Gasteiger partial charge is 0.506 e. The summed E-state index contributed by atoms with van der Waals surface area (Å²) in [6, 6.07) is 1.55. The van der Waals surface area contributed by atoms with Gasteiger partial charge in [0.1, 0.15) is 11.4 Å². The maximum Gasteiger partial charge on any atom is 0.184 e. The van der Waals surface area contributed by atoms with E-state index in [4.69, 9.17) is 5.11 Å². The highest BCUT2D eigenvalue weighted by Crippen LogP contribution is 2.24. The first-order valence-electron chi connectivity index (χ1n) is 3.20. The van der Waals surface area contributed by atoms with E-state index in [2.05, 4.69) is 0 Å². The summed E-state index contributed by atoms with van der Waals surface area (Å²) < 4.78 is 1.78. The number of fused-ring (bicyclic) bond motifs is 1. The van der Waals surface area contributed by atoms with Crippen molar-refractivity contribution >= 4 is 5.78 Å². The summed E-state index contributed by atoms with van der Waals surface area (Å²) in [6.07, 6.45) is 2.26. The summed E-state index contributed by atoms with van der Waals surface area (Å²) in [5.74, 6) is 0.157. The first kappa shape index (κ1) is 5.53. The highest BCUT2D eigenvalue weighted by atomic mass is 16.3. The van der Waals surface area contributed by atoms with Gasteiger partial charge in [-0.25, -0.2) is 0 Å². The number of hydrogen-bond acceptors (Lipinski definition) is 2. The summed E-state index contributed by atoms with van der Waals surface area (Å²) in [4.78, 5) is 11.0. The van der Waals surface area contributed by atoms with Gasteiger partial charge in [-0.15, -0.1) is 0 Å². The van der Waals surface area contributed by atoms with Gasteiger partial charge in [0.15, 0.2) is 5.78 Å². The summed E-state index contributed by atoms with van der Waals surface area (Å²) in [5, 5.41) is 9.10. The Morgan fingerprint density at radius 3 is 3.10 bits per heavy atom. The number of aromatic hydroxyl groups is 1. The van der Waals surface area contributed by atoms with E-state index in [0.29, 0.717) is 18.7 Å². The van der Waals surface area contributed by atoms with Crippen LogP contribution in [0.25, 0.3) is 0 Å². The van der Waals surface area contributed by atoms with E-state index < -0.39 is 0 Å². The predicted octanol–water partition coefficient (Wildman–Crippen LogP) is 0.780. The highest BCUT2D eigenvalue weighted by molar-refractivity contribution is 5.98. The van der Waals surface area contributed by atoms with Crippen molar-refractivity contribution in [2.45, 2.75) is 13.0 Å². The Labute approximate surface area is 57.9 Å². The second-order valence-corrected chi connectivity index (χ2v) is 2.42. The molecule has 0 spiro atoms. The zero-order valence-electron chi connectivity index (χ0n) is 5.37. The Morgan fingerprint density at radius 2 is 2.40 bits per heavy atom. The van der Waals surface area contributed by atoms with Crippen molar-refractivity contribution in [2.75, 3.05) is 0 Å². The van der Waals surface area contributed by atoms with Gasteiger partial charge in [-0.05, 0) is 6.07 Å². The van der Waals surface area contributed by atoms with E-state index in [-0.39, 0.29) is 11.5 Å². The van der Waals surface area contributed by atoms with Crippen LogP contribution in [0.4, 0.5) is 0 Å². The lowest BCUT2D eigenvalue weighted by Gasteiger charge is -1.90. The van der Waals surface area contributed by atoms with Gasteiger partial charge in [0.05, 0.1) is 0 Å². The zero-order chi connectivity index (χ0) is 7.14. The average Bonchev–Trinajstić information content (AvgIpc) is 2.40. The highest BCUT2D eigenvalue weighted by Gasteiger charge is 2.22. The smallest absolute Gasteiger partial charge is 0.184 e. The first-order valence-corrected chi connectivity index (χ1v) is 3.20. The molecule has 52 valence electrons. The molecule has 0 atom stereocenters. The molecule has 0 radical (unpaired) electrons. The number of hydrogen-bond donors (Lipinski definition) is 1. The summed E-state index contributed by atoms with van der Waals surface area (Å²) in [6.45, 7) is 0.717. The number of carbonyl (C=O) groups is 1. The van der Waals surface area contributed by atoms with Crippen LogP contribution in [-0.2, 0) is 6.54 Å². The number of Topliss-reactive ketones (excluding diaryl/α,β-unsaturated/α-hetero) is 1. The zero-order valence-corrected chi connectivity index (χ0v) is 5.37. The average molecular weight is 137 g/mol. The fraction of sp³-hybridized carbons (Fsp3) is 0.286. The molecule has 0 unspecified atom stereocenters. The molecule has 1 aromatic rings. The van der Waals surface area contributed by atoms with Gasteiger partial charge < -0.3 is 9.67 Å². The van der Waals surface area contributed by atoms with Gasteiger partial charge in [0, 0.05) is 19.2 Å². The Hall–Kier alpha value is -1.25. The van der Waals surface area contributed by atoms with Gasteiger partial charge >= 0.3 is 0 Å². The second kappa shape index (κ2) is 1.62. The van der Waals surface area contributed by atoms with E-state index in [9.17, 15) is 4.79 Å². The second-order valence-electron chi connectivity index (χ2n) is 2.42. The van der Waals surface area contributed by atoms with Crippen molar-refractivity contribution in [3.8, 4) is 5.75 Å². The van der Waals surface area contributed by atoms with Crippen molar-refractivity contribution in [3.63, 3.8) is 0 Å². The van der Waals surface area contributed by atoms with Crippen LogP contribution in [0.5, 0.6) is 5.75 Å². The van der Waals surface area contributed by atoms with Crippen LogP contribution in [0.3, 0.4) is 0 Å². The SMILES string of the molecule is O=C1CCn2ccc(O)c21. The molecule has 1 N–H and O–H groups in total. The Balaban J connectivity index is 2.65. The molecule has 1 aliphatic rings. The van der Waals surface area contributed by atoms with Crippen molar-refractivity contribution in [2.24, 2.45) is 0 Å². The summed E-state index contributed by atoms with van der Waals surface area (Å²) in [5.41, 5.74) is 0.472. The summed E-state index contributed by atoms with van der Waals surface area (Å²) >= 11 is 0. The molecule has 0 saturated heterocycles. The van der Waals surface area contributed by atoms with Crippen LogP contribution in [0.1, 0.15) is 16.9 Å². The monoisotopic (exact) mass is 137 g/mol. The van der Waals surface area contributed by atoms with Crippen LogP contribution < -0.4 is 0 Å².